The summed E-state index contributed by atoms with van der Waals surface area (Å²) in [4.78, 5) is 4.45. The zero-order valence-electron chi connectivity index (χ0n) is 12.5. The molecule has 2 N–H and O–H groups in total. The number of aromatic nitrogens is 4. The van der Waals surface area contributed by atoms with Gasteiger partial charge in [-0.15, -0.1) is 0 Å². The number of nitrogens with one attached hydrogen (secondary N) is 1. The van der Waals surface area contributed by atoms with Crippen LogP contribution in [0.15, 0.2) is 12.4 Å². The van der Waals surface area contributed by atoms with Gasteiger partial charge in [0.1, 0.15) is 11.4 Å². The Hall–Kier alpha value is -1.47. The van der Waals surface area contributed by atoms with E-state index < -0.39 is 5.60 Å². The van der Waals surface area contributed by atoms with E-state index in [0.717, 1.165) is 16.5 Å². The van der Waals surface area contributed by atoms with E-state index >= 15 is 0 Å². The summed E-state index contributed by atoms with van der Waals surface area (Å²) in [6, 6.07) is 0. The quantitative estimate of drug-likeness (QED) is 0.901. The van der Waals surface area contributed by atoms with Gasteiger partial charge in [-0.25, -0.2) is 4.98 Å². The summed E-state index contributed by atoms with van der Waals surface area (Å²) in [7, 11) is 1.83. The molecule has 110 valence electrons. The Labute approximate surface area is 123 Å². The molecule has 0 bridgehead atoms. The van der Waals surface area contributed by atoms with Crippen LogP contribution in [0.25, 0.3) is 0 Å². The van der Waals surface area contributed by atoms with Gasteiger partial charge >= 0.3 is 0 Å². The molecular weight excluding hydrogens is 274 g/mol. The highest BCUT2D eigenvalue weighted by atomic mass is 32.1. The van der Waals surface area contributed by atoms with E-state index in [4.69, 9.17) is 0 Å². The zero-order chi connectivity index (χ0) is 15.0. The molecule has 0 amide bonds. The van der Waals surface area contributed by atoms with Gasteiger partial charge in [0, 0.05) is 42.3 Å². The molecule has 1 unspecified atom stereocenters. The summed E-state index contributed by atoms with van der Waals surface area (Å²) in [5.41, 5.74) is -0.294. The predicted molar refractivity (Wildman–Crippen MR) is 79.9 cm³/mol. The molecular formula is C13H21N5OS. The first-order valence-electron chi connectivity index (χ1n) is 6.48. The van der Waals surface area contributed by atoms with Gasteiger partial charge in [0.05, 0.1) is 6.20 Å². The third-order valence-corrected chi connectivity index (χ3v) is 3.68. The normalized spacial score (nSPS) is 15.1. The number of hydrogen-bond donors (Lipinski definition) is 2. The standard InChI is InChI=1S/C13H21N5OS/c1-12(2,3)10-16-11(20-17-10)14-8-13(4,19)9-6-15-18(5)7-9/h6-7,19H,8H2,1-5H3,(H,14,16,17). The van der Waals surface area contributed by atoms with E-state index in [9.17, 15) is 5.11 Å². The molecule has 20 heavy (non-hydrogen) atoms. The molecule has 2 rings (SSSR count). The summed E-state index contributed by atoms with van der Waals surface area (Å²) in [6.07, 6.45) is 3.48. The van der Waals surface area contributed by atoms with E-state index in [2.05, 4.69) is 40.5 Å². The minimum absolute atomic E-state index is 0.0672. The molecule has 0 saturated carbocycles. The lowest BCUT2D eigenvalue weighted by Crippen LogP contribution is -2.30. The lowest BCUT2D eigenvalue weighted by molar-refractivity contribution is 0.0714. The minimum atomic E-state index is -0.998. The van der Waals surface area contributed by atoms with Crippen molar-refractivity contribution in [1.29, 1.82) is 0 Å². The summed E-state index contributed by atoms with van der Waals surface area (Å²) in [5, 5.41) is 18.4. The molecule has 0 aromatic carbocycles. The zero-order valence-corrected chi connectivity index (χ0v) is 13.3. The second-order valence-electron chi connectivity index (χ2n) is 6.20. The molecule has 0 spiro atoms. The number of aliphatic hydroxyl groups is 1. The van der Waals surface area contributed by atoms with Gasteiger partial charge in [0.25, 0.3) is 0 Å². The van der Waals surface area contributed by atoms with Crippen LogP contribution >= 0.6 is 11.5 Å². The summed E-state index contributed by atoms with van der Waals surface area (Å²) in [5.74, 6) is 0.811. The van der Waals surface area contributed by atoms with Gasteiger partial charge in [0.15, 0.2) is 0 Å². The molecule has 2 heterocycles. The van der Waals surface area contributed by atoms with Crippen LogP contribution in [0, 0.1) is 0 Å². The summed E-state index contributed by atoms with van der Waals surface area (Å²) in [6.45, 7) is 8.33. The van der Waals surface area contributed by atoms with Crippen LogP contribution < -0.4 is 5.32 Å². The van der Waals surface area contributed by atoms with E-state index in [1.807, 2.05) is 13.2 Å². The fraction of sp³-hybridized carbons (Fsp3) is 0.615. The van der Waals surface area contributed by atoms with Crippen molar-refractivity contribution >= 4 is 16.7 Å². The van der Waals surface area contributed by atoms with Crippen LogP contribution in [-0.2, 0) is 18.1 Å². The average molecular weight is 295 g/mol. The van der Waals surface area contributed by atoms with E-state index in [0.29, 0.717) is 6.54 Å². The number of aryl methyl sites for hydroxylation is 1. The van der Waals surface area contributed by atoms with Crippen molar-refractivity contribution in [2.24, 2.45) is 7.05 Å². The smallest absolute Gasteiger partial charge is 0.202 e. The molecule has 1 atom stereocenters. The van der Waals surface area contributed by atoms with Crippen molar-refractivity contribution < 1.29 is 5.11 Å². The van der Waals surface area contributed by atoms with Crippen LogP contribution in [0.3, 0.4) is 0 Å². The van der Waals surface area contributed by atoms with Crippen molar-refractivity contribution in [2.75, 3.05) is 11.9 Å². The highest BCUT2D eigenvalue weighted by molar-refractivity contribution is 7.09. The third-order valence-electron chi connectivity index (χ3n) is 3.01. The first-order chi connectivity index (χ1) is 9.18. The maximum Gasteiger partial charge on any atom is 0.202 e. The third kappa shape index (κ3) is 3.34. The molecule has 0 aliphatic carbocycles. The van der Waals surface area contributed by atoms with E-state index in [1.165, 1.54) is 11.5 Å². The van der Waals surface area contributed by atoms with Crippen LogP contribution in [0.2, 0.25) is 0 Å². The van der Waals surface area contributed by atoms with Crippen LogP contribution in [-0.4, -0.2) is 30.8 Å². The van der Waals surface area contributed by atoms with Crippen LogP contribution in [0.1, 0.15) is 39.1 Å². The molecule has 0 aliphatic rings. The van der Waals surface area contributed by atoms with Crippen molar-refractivity contribution in [3.8, 4) is 0 Å². The lowest BCUT2D eigenvalue weighted by Gasteiger charge is -2.21. The van der Waals surface area contributed by atoms with Gasteiger partial charge < -0.3 is 10.4 Å². The summed E-state index contributed by atoms with van der Waals surface area (Å²) < 4.78 is 6.01. The topological polar surface area (TPSA) is 75.9 Å². The fourth-order valence-corrected chi connectivity index (χ4v) is 2.40. The Morgan fingerprint density at radius 1 is 1.35 bits per heavy atom. The number of nitrogens with zero attached hydrogens (tertiary/aromatic N) is 4. The minimum Gasteiger partial charge on any atom is -0.383 e. The fourth-order valence-electron chi connectivity index (χ4n) is 1.65. The Morgan fingerprint density at radius 3 is 2.55 bits per heavy atom. The Morgan fingerprint density at radius 2 is 2.05 bits per heavy atom. The maximum absolute atomic E-state index is 10.5. The maximum atomic E-state index is 10.5. The highest BCUT2D eigenvalue weighted by Gasteiger charge is 2.26. The largest absolute Gasteiger partial charge is 0.383 e. The van der Waals surface area contributed by atoms with Crippen molar-refractivity contribution in [2.45, 2.75) is 38.7 Å². The molecule has 0 fully saturated rings. The molecule has 0 aliphatic heterocycles. The Balaban J connectivity index is 2.03. The first kappa shape index (κ1) is 14.9. The van der Waals surface area contributed by atoms with Crippen molar-refractivity contribution in [3.05, 3.63) is 23.8 Å². The first-order valence-corrected chi connectivity index (χ1v) is 7.25. The predicted octanol–water partition coefficient (Wildman–Crippen LogP) is 1.89. The molecule has 2 aromatic heterocycles. The SMILES string of the molecule is Cn1cc(C(C)(O)CNc2nc(C(C)(C)C)ns2)cn1. The lowest BCUT2D eigenvalue weighted by atomic mass is 9.96. The number of hydrogen-bond acceptors (Lipinski definition) is 6. The highest BCUT2D eigenvalue weighted by Crippen LogP contribution is 2.25. The van der Waals surface area contributed by atoms with Gasteiger partial charge in [0.2, 0.25) is 5.13 Å². The van der Waals surface area contributed by atoms with Crippen LogP contribution in [0.4, 0.5) is 5.13 Å². The van der Waals surface area contributed by atoms with E-state index in [-0.39, 0.29) is 5.41 Å². The summed E-state index contributed by atoms with van der Waals surface area (Å²) >= 11 is 1.31. The van der Waals surface area contributed by atoms with Gasteiger partial charge in [-0.05, 0) is 6.92 Å². The van der Waals surface area contributed by atoms with Gasteiger partial charge in [-0.1, -0.05) is 20.8 Å². The second-order valence-corrected chi connectivity index (χ2v) is 6.96. The molecule has 6 nitrogen and oxygen atoms in total. The second kappa shape index (κ2) is 5.14. The van der Waals surface area contributed by atoms with Crippen LogP contribution in [0.5, 0.6) is 0 Å². The van der Waals surface area contributed by atoms with Crippen molar-refractivity contribution in [3.63, 3.8) is 0 Å². The number of rotatable bonds is 4. The Bertz CT molecular complexity index is 582. The molecule has 0 saturated heterocycles. The van der Waals surface area contributed by atoms with E-state index in [1.54, 1.807) is 17.8 Å². The Kier molecular flexibility index (Phi) is 3.84. The molecule has 7 heteroatoms. The monoisotopic (exact) mass is 295 g/mol. The van der Waals surface area contributed by atoms with Gasteiger partial charge in [-0.3, -0.25) is 4.68 Å². The van der Waals surface area contributed by atoms with Gasteiger partial charge in [-0.2, -0.15) is 9.47 Å². The number of anilines is 1. The molecule has 2 aromatic rings. The molecule has 0 radical (unpaired) electrons. The van der Waals surface area contributed by atoms with Crippen molar-refractivity contribution in [1.82, 2.24) is 19.1 Å². The average Bonchev–Trinajstić information content (AvgIpc) is 2.94.